The number of carboxylic acid groups (broad SMARTS) is 1. The summed E-state index contributed by atoms with van der Waals surface area (Å²) in [4.78, 5) is 13.8. The van der Waals surface area contributed by atoms with Crippen LogP contribution in [0.3, 0.4) is 0 Å². The maximum Gasteiger partial charge on any atom is 0.355 e. The molecule has 1 N–H and O–H groups in total. The molecule has 3 nitrogen and oxygen atoms in total. The van der Waals surface area contributed by atoms with Crippen molar-refractivity contribution in [1.82, 2.24) is 4.98 Å². The van der Waals surface area contributed by atoms with E-state index in [4.69, 9.17) is 16.7 Å². The third-order valence-corrected chi connectivity index (χ3v) is 2.86. The monoisotopic (exact) mass is 301 g/mol. The van der Waals surface area contributed by atoms with Crippen LogP contribution in [0.1, 0.15) is 10.5 Å². The maximum atomic E-state index is 12.6. The van der Waals surface area contributed by atoms with Gasteiger partial charge in [-0.2, -0.15) is 0 Å². The molecule has 12 heavy (non-hydrogen) atoms. The number of pyridine rings is 1. The summed E-state index contributed by atoms with van der Waals surface area (Å²) in [5.41, 5.74) is -0.234. The van der Waals surface area contributed by atoms with Crippen LogP contribution >= 0.6 is 34.2 Å². The highest BCUT2D eigenvalue weighted by Crippen LogP contribution is 2.23. The van der Waals surface area contributed by atoms with Crippen molar-refractivity contribution in [2.75, 3.05) is 0 Å². The van der Waals surface area contributed by atoms with Crippen LogP contribution < -0.4 is 0 Å². The van der Waals surface area contributed by atoms with E-state index in [-0.39, 0.29) is 14.3 Å². The van der Waals surface area contributed by atoms with Gasteiger partial charge in [0.15, 0.2) is 11.5 Å². The van der Waals surface area contributed by atoms with Crippen LogP contribution in [0.2, 0.25) is 5.02 Å². The molecular weight excluding hydrogens is 299 g/mol. The zero-order valence-corrected chi connectivity index (χ0v) is 8.43. The third kappa shape index (κ3) is 1.66. The van der Waals surface area contributed by atoms with Crippen molar-refractivity contribution in [1.29, 1.82) is 0 Å². The number of hydrogen-bond donors (Lipinski definition) is 1. The highest BCUT2D eigenvalue weighted by molar-refractivity contribution is 14.1. The fourth-order valence-electron chi connectivity index (χ4n) is 0.592. The van der Waals surface area contributed by atoms with E-state index in [2.05, 4.69) is 4.98 Å². The van der Waals surface area contributed by atoms with Crippen molar-refractivity contribution in [2.45, 2.75) is 0 Å². The van der Waals surface area contributed by atoms with E-state index in [9.17, 15) is 9.18 Å². The first-order valence-corrected chi connectivity index (χ1v) is 4.22. The Hall–Kier alpha value is -0.430. The summed E-state index contributed by atoms with van der Waals surface area (Å²) < 4.78 is 12.7. The largest absolute Gasteiger partial charge is 0.476 e. The molecule has 1 aromatic heterocycles. The summed E-state index contributed by atoms with van der Waals surface area (Å²) in [5.74, 6) is -1.94. The fraction of sp³-hybridized carbons (Fsp3) is 0. The molecule has 0 saturated heterocycles. The summed E-state index contributed by atoms with van der Waals surface area (Å²) in [5, 5.41) is 8.33. The van der Waals surface area contributed by atoms with Gasteiger partial charge in [0.2, 0.25) is 0 Å². The quantitative estimate of drug-likeness (QED) is 0.809. The number of hydrogen-bond acceptors (Lipinski definition) is 2. The first-order chi connectivity index (χ1) is 5.54. The zero-order chi connectivity index (χ0) is 9.30. The van der Waals surface area contributed by atoms with Crippen molar-refractivity contribution < 1.29 is 14.3 Å². The number of carboxylic acids is 1. The lowest BCUT2D eigenvalue weighted by molar-refractivity contribution is 0.0689. The molecule has 0 fully saturated rings. The Kier molecular flexibility index (Phi) is 2.84. The van der Waals surface area contributed by atoms with Crippen LogP contribution in [0.4, 0.5) is 4.39 Å². The van der Waals surface area contributed by atoms with Crippen molar-refractivity contribution in [3.63, 3.8) is 0 Å². The number of halogens is 3. The second kappa shape index (κ2) is 3.53. The minimum Gasteiger partial charge on any atom is -0.476 e. The Morgan fingerprint density at radius 2 is 2.33 bits per heavy atom. The molecule has 0 atom stereocenters. The maximum absolute atomic E-state index is 12.6. The van der Waals surface area contributed by atoms with Crippen LogP contribution in [0, 0.1) is 9.39 Å². The first kappa shape index (κ1) is 9.66. The lowest BCUT2D eigenvalue weighted by Gasteiger charge is -2.00. The topological polar surface area (TPSA) is 50.2 Å². The molecule has 0 aromatic carbocycles. The molecule has 0 unspecified atom stereocenters. The molecule has 0 aliphatic carbocycles. The molecule has 1 aromatic rings. The van der Waals surface area contributed by atoms with Gasteiger partial charge < -0.3 is 5.11 Å². The van der Waals surface area contributed by atoms with Gasteiger partial charge in [-0.15, -0.1) is 0 Å². The van der Waals surface area contributed by atoms with Crippen molar-refractivity contribution in [3.8, 4) is 0 Å². The summed E-state index contributed by atoms with van der Waals surface area (Å²) >= 11 is 7.07. The van der Waals surface area contributed by atoms with E-state index in [1.54, 1.807) is 22.6 Å². The van der Waals surface area contributed by atoms with Crippen molar-refractivity contribution >= 4 is 40.2 Å². The van der Waals surface area contributed by atoms with Gasteiger partial charge in [0.25, 0.3) is 0 Å². The number of rotatable bonds is 1. The molecule has 0 spiro atoms. The minimum atomic E-state index is -1.22. The molecule has 0 amide bonds. The Bertz CT molecular complexity index is 345. The van der Waals surface area contributed by atoms with Gasteiger partial charge in [0, 0.05) is 0 Å². The Morgan fingerprint density at radius 3 is 2.83 bits per heavy atom. The Balaban J connectivity index is 3.36. The molecule has 1 rings (SSSR count). The van der Waals surface area contributed by atoms with Gasteiger partial charge in [-0.05, 0) is 22.6 Å². The van der Waals surface area contributed by atoms with Crippen LogP contribution in [0.15, 0.2) is 6.20 Å². The normalized spacial score (nSPS) is 9.92. The molecule has 0 aliphatic heterocycles. The van der Waals surface area contributed by atoms with Gasteiger partial charge in [-0.1, -0.05) is 11.6 Å². The fourth-order valence-corrected chi connectivity index (χ4v) is 1.36. The number of aromatic carboxylic acids is 1. The molecule has 0 bridgehead atoms. The van der Waals surface area contributed by atoms with Crippen LogP contribution in [-0.4, -0.2) is 16.1 Å². The minimum absolute atomic E-state index is 0.113. The lowest BCUT2D eigenvalue weighted by atomic mass is 10.3. The predicted octanol–water partition coefficient (Wildman–Crippen LogP) is 2.18. The first-order valence-electron chi connectivity index (χ1n) is 2.77. The molecule has 0 aliphatic rings. The van der Waals surface area contributed by atoms with Gasteiger partial charge in [-0.3, -0.25) is 0 Å². The summed E-state index contributed by atoms with van der Waals surface area (Å²) in [7, 11) is 0. The van der Waals surface area contributed by atoms with Crippen molar-refractivity contribution in [2.24, 2.45) is 0 Å². The van der Waals surface area contributed by atoms with E-state index in [1.165, 1.54) is 0 Å². The molecule has 1 heterocycles. The molecule has 0 radical (unpaired) electrons. The van der Waals surface area contributed by atoms with Crippen molar-refractivity contribution in [3.05, 3.63) is 26.3 Å². The second-order valence-corrected chi connectivity index (χ2v) is 3.34. The summed E-state index contributed by atoms with van der Waals surface area (Å²) in [6.45, 7) is 0. The van der Waals surface area contributed by atoms with Gasteiger partial charge in [0.05, 0.1) is 14.8 Å². The van der Waals surface area contributed by atoms with E-state index in [1.807, 2.05) is 0 Å². The van der Waals surface area contributed by atoms with Crippen LogP contribution in [0.5, 0.6) is 0 Å². The average molecular weight is 301 g/mol. The zero-order valence-electron chi connectivity index (χ0n) is 5.51. The molecule has 0 saturated carbocycles. The highest BCUT2D eigenvalue weighted by atomic mass is 127. The second-order valence-electron chi connectivity index (χ2n) is 1.89. The lowest BCUT2D eigenvalue weighted by Crippen LogP contribution is -2.04. The summed E-state index contributed by atoms with van der Waals surface area (Å²) in [6.07, 6.45) is 0.786. The van der Waals surface area contributed by atoms with E-state index >= 15 is 0 Å². The SMILES string of the molecule is O=C(O)c1ncc(F)c(Cl)c1I. The number of nitrogens with zero attached hydrogens (tertiary/aromatic N) is 1. The summed E-state index contributed by atoms with van der Waals surface area (Å²) in [6, 6.07) is 0. The van der Waals surface area contributed by atoms with Gasteiger partial charge >= 0.3 is 5.97 Å². The van der Waals surface area contributed by atoms with Crippen LogP contribution in [0.25, 0.3) is 0 Å². The van der Waals surface area contributed by atoms with Gasteiger partial charge in [0.1, 0.15) is 0 Å². The van der Waals surface area contributed by atoms with E-state index in [0.29, 0.717) is 0 Å². The predicted molar refractivity (Wildman–Crippen MR) is 48.9 cm³/mol. The smallest absolute Gasteiger partial charge is 0.355 e. The average Bonchev–Trinajstić information content (AvgIpc) is 2.00. The molecule has 64 valence electrons. The number of carbonyl (C=O) groups is 1. The third-order valence-electron chi connectivity index (χ3n) is 1.12. The van der Waals surface area contributed by atoms with E-state index in [0.717, 1.165) is 6.20 Å². The highest BCUT2D eigenvalue weighted by Gasteiger charge is 2.15. The Morgan fingerprint density at radius 1 is 1.75 bits per heavy atom. The van der Waals surface area contributed by atoms with E-state index < -0.39 is 11.8 Å². The Labute approximate surface area is 85.7 Å². The standard InChI is InChI=1S/C6H2ClFINO2/c7-3-2(8)1-10-5(4(3)9)6(11)12/h1H,(H,11,12). The van der Waals surface area contributed by atoms with Gasteiger partial charge in [-0.25, -0.2) is 14.2 Å². The number of aromatic nitrogens is 1. The van der Waals surface area contributed by atoms with Crippen LogP contribution in [-0.2, 0) is 0 Å². The molecule has 6 heteroatoms. The molecular formula is C6H2ClFINO2.